The molecule has 1 aromatic carbocycles. The number of amides is 1. The molecule has 1 aliphatic heterocycles. The van der Waals surface area contributed by atoms with Crippen LogP contribution in [0.25, 0.3) is 22.1 Å². The molecule has 0 radical (unpaired) electrons. The summed E-state index contributed by atoms with van der Waals surface area (Å²) >= 11 is 0. The number of aryl methyl sites for hydroxylation is 1. The predicted molar refractivity (Wildman–Crippen MR) is 130 cm³/mol. The highest BCUT2D eigenvalue weighted by atomic mass is 32.2. The number of aliphatic hydroxyl groups excluding tert-OH is 2. The highest BCUT2D eigenvalue weighted by molar-refractivity contribution is 7.85. The second-order valence-electron chi connectivity index (χ2n) is 8.48. The van der Waals surface area contributed by atoms with Crippen molar-refractivity contribution in [2.45, 2.75) is 37.4 Å². The van der Waals surface area contributed by atoms with E-state index in [9.17, 15) is 23.4 Å². The zero-order valence-electron chi connectivity index (χ0n) is 19.2. The summed E-state index contributed by atoms with van der Waals surface area (Å²) in [5.74, 6) is -0.893. The van der Waals surface area contributed by atoms with Gasteiger partial charge in [-0.05, 0) is 23.9 Å². The van der Waals surface area contributed by atoms with Crippen LogP contribution in [0.4, 0.5) is 11.8 Å². The lowest BCUT2D eigenvalue weighted by molar-refractivity contribution is -0.119. The molecule has 0 saturated carbocycles. The molecule has 0 aliphatic carbocycles. The Kier molecular flexibility index (Phi) is 6.42. The van der Waals surface area contributed by atoms with Crippen LogP contribution in [0.5, 0.6) is 0 Å². The van der Waals surface area contributed by atoms with E-state index in [0.29, 0.717) is 0 Å². The van der Waals surface area contributed by atoms with Gasteiger partial charge in [-0.1, -0.05) is 18.2 Å². The van der Waals surface area contributed by atoms with E-state index in [0.717, 1.165) is 16.6 Å². The average molecular weight is 533 g/mol. The van der Waals surface area contributed by atoms with Crippen molar-refractivity contribution in [1.29, 1.82) is 0 Å². The normalized spacial score (nSPS) is 22.1. The van der Waals surface area contributed by atoms with Crippen LogP contribution in [0.1, 0.15) is 18.3 Å². The number of anilines is 2. The number of nitrogens with zero attached hydrogens (tertiary/aromatic N) is 4. The van der Waals surface area contributed by atoms with E-state index in [2.05, 4.69) is 19.9 Å². The standard InChI is InChI=1S/C21H24N8O7S/c22-18-15-19(27-21(23)26-18)29(9-24-15)20-17(32)16(31)13(36-20)8-35-37(33,34)28-14(30)6-5-11-7-10-3-1-2-4-12(10)25-11/h1-4,7,9,13,16-17,20,25,31-32H,5-6,8H2,(H,28,30)(H4,22,23,26,27)/t13-,16?,17?,20-/m1/s1. The lowest BCUT2D eigenvalue weighted by Crippen LogP contribution is -2.37. The predicted octanol–water partition coefficient (Wildman–Crippen LogP) is -0.898. The number of benzene rings is 1. The Balaban J connectivity index is 1.18. The van der Waals surface area contributed by atoms with Crippen LogP contribution in [0.2, 0.25) is 0 Å². The van der Waals surface area contributed by atoms with Gasteiger partial charge in [0.2, 0.25) is 11.9 Å². The molecule has 4 aromatic rings. The maximum absolute atomic E-state index is 12.3. The first-order chi connectivity index (χ1) is 17.6. The molecule has 15 nitrogen and oxygen atoms in total. The summed E-state index contributed by atoms with van der Waals surface area (Å²) in [5, 5.41) is 21.9. The van der Waals surface area contributed by atoms with Crippen molar-refractivity contribution < 1.29 is 32.3 Å². The Morgan fingerprint density at radius 2 is 2.00 bits per heavy atom. The van der Waals surface area contributed by atoms with Crippen molar-refractivity contribution in [1.82, 2.24) is 29.2 Å². The third-order valence-corrected chi connectivity index (χ3v) is 6.83. The Morgan fingerprint density at radius 3 is 2.78 bits per heavy atom. The number of fused-ring (bicyclic) bond motifs is 2. The number of para-hydroxylation sites is 1. The fourth-order valence-corrected chi connectivity index (χ4v) is 4.88. The number of imidazole rings is 1. The number of nitrogens with two attached hydrogens (primary N) is 2. The van der Waals surface area contributed by atoms with Crippen molar-refractivity contribution in [3.8, 4) is 0 Å². The topological polar surface area (TPSA) is 234 Å². The van der Waals surface area contributed by atoms with Gasteiger partial charge in [-0.2, -0.15) is 18.4 Å². The van der Waals surface area contributed by atoms with E-state index in [1.807, 2.05) is 35.1 Å². The van der Waals surface area contributed by atoms with E-state index in [1.54, 1.807) is 0 Å². The van der Waals surface area contributed by atoms with Crippen LogP contribution in [-0.4, -0.2) is 74.0 Å². The quantitative estimate of drug-likeness (QED) is 0.162. The van der Waals surface area contributed by atoms with Gasteiger partial charge in [0.15, 0.2) is 17.7 Å². The van der Waals surface area contributed by atoms with Crippen molar-refractivity contribution in [3.05, 3.63) is 42.4 Å². The number of hydrogen-bond donors (Lipinski definition) is 6. The Labute approximate surface area is 209 Å². The van der Waals surface area contributed by atoms with Crippen molar-refractivity contribution in [2.75, 3.05) is 18.1 Å². The Hall–Kier alpha value is -3.83. The van der Waals surface area contributed by atoms with Gasteiger partial charge in [0.25, 0.3) is 0 Å². The van der Waals surface area contributed by atoms with Crippen LogP contribution in [-0.2, 0) is 30.4 Å². The largest absolute Gasteiger partial charge is 0.387 e. The number of hydrogen-bond acceptors (Lipinski definition) is 12. The minimum absolute atomic E-state index is 0.0144. The lowest BCUT2D eigenvalue weighted by Gasteiger charge is -2.16. The molecule has 16 heteroatoms. The second kappa shape index (κ2) is 9.56. The summed E-state index contributed by atoms with van der Waals surface area (Å²) in [7, 11) is -4.51. The second-order valence-corrected chi connectivity index (χ2v) is 9.83. The molecule has 8 N–H and O–H groups in total. The number of rotatable bonds is 8. The molecule has 1 aliphatic rings. The van der Waals surface area contributed by atoms with Gasteiger partial charge in [-0.3, -0.25) is 13.5 Å². The number of aromatic amines is 1. The molecule has 1 amide bonds. The first-order valence-corrected chi connectivity index (χ1v) is 12.6. The third kappa shape index (κ3) is 5.05. The smallest absolute Gasteiger partial charge is 0.362 e. The van der Waals surface area contributed by atoms with Crippen LogP contribution < -0.4 is 16.2 Å². The van der Waals surface area contributed by atoms with Crippen molar-refractivity contribution in [3.63, 3.8) is 0 Å². The summed E-state index contributed by atoms with van der Waals surface area (Å²) < 4.78 is 38.1. The third-order valence-electron chi connectivity index (χ3n) is 5.91. The number of carbonyl (C=O) groups is 1. The Bertz CT molecular complexity index is 1540. The molecule has 1 fully saturated rings. The van der Waals surface area contributed by atoms with Crippen LogP contribution >= 0.6 is 0 Å². The number of ether oxygens (including phenoxy) is 1. The van der Waals surface area contributed by atoms with Gasteiger partial charge in [0, 0.05) is 17.6 Å². The fourth-order valence-electron chi connectivity index (χ4n) is 4.13. The maximum atomic E-state index is 12.3. The van der Waals surface area contributed by atoms with Gasteiger partial charge in [0.05, 0.1) is 12.9 Å². The molecule has 2 unspecified atom stereocenters. The first-order valence-electron chi connectivity index (χ1n) is 11.1. The van der Waals surface area contributed by atoms with Crippen LogP contribution in [0, 0.1) is 0 Å². The molecule has 0 bridgehead atoms. The monoisotopic (exact) mass is 532 g/mol. The van der Waals surface area contributed by atoms with Crippen LogP contribution in [0.15, 0.2) is 36.7 Å². The molecular weight excluding hydrogens is 508 g/mol. The van der Waals surface area contributed by atoms with Gasteiger partial charge < -0.3 is 31.4 Å². The maximum Gasteiger partial charge on any atom is 0.362 e. The fraction of sp³-hybridized carbons (Fsp3) is 0.333. The summed E-state index contributed by atoms with van der Waals surface area (Å²) in [6.07, 6.45) is -4.03. The highest BCUT2D eigenvalue weighted by Crippen LogP contribution is 2.32. The molecule has 1 saturated heterocycles. The molecule has 37 heavy (non-hydrogen) atoms. The zero-order valence-corrected chi connectivity index (χ0v) is 20.0. The molecule has 4 heterocycles. The molecular formula is C21H24N8O7S. The molecule has 3 aromatic heterocycles. The van der Waals surface area contributed by atoms with E-state index >= 15 is 0 Å². The summed E-state index contributed by atoms with van der Waals surface area (Å²) in [4.78, 5) is 27.3. The van der Waals surface area contributed by atoms with Gasteiger partial charge in [-0.15, -0.1) is 0 Å². The SMILES string of the molecule is Nc1nc(N)c2ncn([C@@H]3O[C@H](COS(=O)(=O)NC(=O)CCc4cc5ccccc5[nH]4)C(O)C3O)c2n1. The highest BCUT2D eigenvalue weighted by Gasteiger charge is 2.45. The number of nitrogen functional groups attached to an aromatic ring is 2. The first kappa shape index (κ1) is 24.8. The van der Waals surface area contributed by atoms with Gasteiger partial charge in [0.1, 0.15) is 23.8 Å². The summed E-state index contributed by atoms with van der Waals surface area (Å²) in [5.41, 5.74) is 13.5. The summed E-state index contributed by atoms with van der Waals surface area (Å²) in [6.45, 7) is -0.675. The minimum atomic E-state index is -4.51. The number of H-pyrrole nitrogens is 1. The molecule has 4 atom stereocenters. The number of aromatic nitrogens is 5. The number of carbonyl (C=O) groups excluding carboxylic acids is 1. The number of nitrogens with one attached hydrogen (secondary N) is 2. The lowest BCUT2D eigenvalue weighted by atomic mass is 10.1. The van der Waals surface area contributed by atoms with Crippen molar-refractivity contribution in [2.24, 2.45) is 0 Å². The number of aliphatic hydroxyl groups is 2. The van der Waals surface area contributed by atoms with E-state index in [4.69, 9.17) is 20.4 Å². The van der Waals surface area contributed by atoms with Gasteiger partial charge >= 0.3 is 10.3 Å². The van der Waals surface area contributed by atoms with Crippen molar-refractivity contribution >= 4 is 50.0 Å². The zero-order chi connectivity index (χ0) is 26.3. The average Bonchev–Trinajstić information content (AvgIpc) is 3.52. The minimum Gasteiger partial charge on any atom is -0.387 e. The molecule has 0 spiro atoms. The Morgan fingerprint density at radius 1 is 1.22 bits per heavy atom. The van der Waals surface area contributed by atoms with E-state index in [-0.39, 0.29) is 35.8 Å². The van der Waals surface area contributed by atoms with Gasteiger partial charge in [-0.25, -0.2) is 9.71 Å². The molecule has 5 rings (SSSR count). The van der Waals surface area contributed by atoms with Crippen LogP contribution in [0.3, 0.4) is 0 Å². The molecule has 196 valence electrons. The van der Waals surface area contributed by atoms with E-state index in [1.165, 1.54) is 10.9 Å². The summed E-state index contributed by atoms with van der Waals surface area (Å²) in [6, 6.07) is 9.46. The van der Waals surface area contributed by atoms with E-state index < -0.39 is 47.4 Å².